The molecule has 2 aliphatic rings. The van der Waals surface area contributed by atoms with Crippen LogP contribution in [0.25, 0.3) is 11.3 Å². The van der Waals surface area contributed by atoms with Gasteiger partial charge in [0.05, 0.1) is 12.8 Å². The fourth-order valence-electron chi connectivity index (χ4n) is 4.45. The quantitative estimate of drug-likeness (QED) is 0.864. The van der Waals surface area contributed by atoms with Crippen LogP contribution in [0.2, 0.25) is 0 Å². The molecule has 3 unspecified atom stereocenters. The van der Waals surface area contributed by atoms with Crippen LogP contribution in [0, 0.1) is 5.92 Å². The van der Waals surface area contributed by atoms with Crippen molar-refractivity contribution < 1.29 is 19.4 Å². The molecule has 1 saturated heterocycles. The standard InChI is InChI=1S/C20H23N3O4/c1-27-14-8-6-12(7-9-14)15-11-16(22-21-15)19(24)23-17-5-3-2-4-13(17)10-18(23)20(25)26/h6-9,11,13,17-18H,2-5,10H2,1H3,(H,21,22)(H,25,26). The highest BCUT2D eigenvalue weighted by atomic mass is 16.5. The summed E-state index contributed by atoms with van der Waals surface area (Å²) >= 11 is 0. The molecule has 1 amide bonds. The minimum atomic E-state index is -0.923. The summed E-state index contributed by atoms with van der Waals surface area (Å²) in [6.07, 6.45) is 4.57. The number of benzene rings is 1. The maximum absolute atomic E-state index is 13.1. The number of nitrogens with zero attached hydrogens (tertiary/aromatic N) is 2. The highest BCUT2D eigenvalue weighted by Gasteiger charge is 2.48. The van der Waals surface area contributed by atoms with E-state index in [-0.39, 0.29) is 17.9 Å². The molecule has 1 aliphatic carbocycles. The molecule has 27 heavy (non-hydrogen) atoms. The summed E-state index contributed by atoms with van der Waals surface area (Å²) in [5.74, 6) is -0.167. The van der Waals surface area contributed by atoms with Gasteiger partial charge in [0, 0.05) is 11.6 Å². The number of nitrogens with one attached hydrogen (secondary N) is 1. The second-order valence-electron chi connectivity index (χ2n) is 7.31. The predicted octanol–water partition coefficient (Wildman–Crippen LogP) is 2.94. The number of fused-ring (bicyclic) bond motifs is 1. The number of carboxylic acid groups (broad SMARTS) is 1. The van der Waals surface area contributed by atoms with Gasteiger partial charge < -0.3 is 14.7 Å². The summed E-state index contributed by atoms with van der Waals surface area (Å²) < 4.78 is 5.16. The Kier molecular flexibility index (Phi) is 4.59. The van der Waals surface area contributed by atoms with Gasteiger partial charge >= 0.3 is 5.97 Å². The third kappa shape index (κ3) is 3.18. The third-order valence-corrected chi connectivity index (χ3v) is 5.80. The number of aliphatic carboxylic acids is 1. The predicted molar refractivity (Wildman–Crippen MR) is 98.5 cm³/mol. The van der Waals surface area contributed by atoms with Crippen molar-refractivity contribution in [3.8, 4) is 17.0 Å². The number of likely N-dealkylation sites (tertiary alicyclic amines) is 1. The lowest BCUT2D eigenvalue weighted by atomic mass is 9.84. The van der Waals surface area contributed by atoms with Crippen LogP contribution in [0.4, 0.5) is 0 Å². The first-order valence-electron chi connectivity index (χ1n) is 9.34. The smallest absolute Gasteiger partial charge is 0.326 e. The molecule has 1 aromatic carbocycles. The summed E-state index contributed by atoms with van der Waals surface area (Å²) in [5, 5.41) is 16.7. The van der Waals surface area contributed by atoms with E-state index in [1.165, 1.54) is 0 Å². The molecule has 1 aromatic heterocycles. The van der Waals surface area contributed by atoms with Gasteiger partial charge in [0.25, 0.3) is 5.91 Å². The Bertz CT molecular complexity index is 845. The van der Waals surface area contributed by atoms with Crippen LogP contribution in [-0.4, -0.2) is 51.3 Å². The third-order valence-electron chi connectivity index (χ3n) is 5.80. The molecule has 2 fully saturated rings. The van der Waals surface area contributed by atoms with Gasteiger partial charge in [-0.15, -0.1) is 0 Å². The highest BCUT2D eigenvalue weighted by Crippen LogP contribution is 2.40. The van der Waals surface area contributed by atoms with Crippen LogP contribution in [0.3, 0.4) is 0 Å². The molecule has 7 nitrogen and oxygen atoms in total. The SMILES string of the molecule is COc1ccc(-c2cc(C(=O)N3C(C(=O)O)CC4CCCCC43)[nH]n2)cc1. The van der Waals surface area contributed by atoms with Crippen LogP contribution >= 0.6 is 0 Å². The second kappa shape index (κ2) is 7.06. The zero-order chi connectivity index (χ0) is 19.0. The van der Waals surface area contributed by atoms with E-state index >= 15 is 0 Å². The molecule has 3 atom stereocenters. The highest BCUT2D eigenvalue weighted by molar-refractivity contribution is 5.96. The lowest BCUT2D eigenvalue weighted by Crippen LogP contribution is -2.46. The lowest BCUT2D eigenvalue weighted by molar-refractivity contribution is -0.141. The van der Waals surface area contributed by atoms with E-state index in [0.29, 0.717) is 17.8 Å². The number of carboxylic acids is 1. The minimum Gasteiger partial charge on any atom is -0.497 e. The van der Waals surface area contributed by atoms with E-state index in [2.05, 4.69) is 10.2 Å². The second-order valence-corrected chi connectivity index (χ2v) is 7.31. The van der Waals surface area contributed by atoms with Crippen molar-refractivity contribution in [3.63, 3.8) is 0 Å². The number of carbonyl (C=O) groups excluding carboxylic acids is 1. The monoisotopic (exact) mass is 369 g/mol. The van der Waals surface area contributed by atoms with Crippen LogP contribution in [0.15, 0.2) is 30.3 Å². The van der Waals surface area contributed by atoms with Crippen LogP contribution < -0.4 is 4.74 Å². The zero-order valence-electron chi connectivity index (χ0n) is 15.2. The van der Waals surface area contributed by atoms with Crippen LogP contribution in [0.5, 0.6) is 5.75 Å². The number of hydrogen-bond donors (Lipinski definition) is 2. The summed E-state index contributed by atoms with van der Waals surface area (Å²) in [6.45, 7) is 0. The van der Waals surface area contributed by atoms with E-state index < -0.39 is 12.0 Å². The van der Waals surface area contributed by atoms with Crippen molar-refractivity contribution in [2.45, 2.75) is 44.2 Å². The lowest BCUT2D eigenvalue weighted by Gasteiger charge is -2.32. The van der Waals surface area contributed by atoms with Gasteiger partial charge in [0.2, 0.25) is 0 Å². The van der Waals surface area contributed by atoms with E-state index in [0.717, 1.165) is 37.0 Å². The van der Waals surface area contributed by atoms with Crippen molar-refractivity contribution in [3.05, 3.63) is 36.0 Å². The number of H-pyrrole nitrogens is 1. The number of amides is 1. The Morgan fingerprint density at radius 3 is 2.67 bits per heavy atom. The Balaban J connectivity index is 1.59. The molecule has 142 valence electrons. The number of rotatable bonds is 4. The molecule has 2 heterocycles. The number of aromatic amines is 1. The summed E-state index contributed by atoms with van der Waals surface area (Å²) in [7, 11) is 1.60. The molecule has 2 N–H and O–H groups in total. The minimum absolute atomic E-state index is 0.0140. The maximum atomic E-state index is 13.1. The number of ether oxygens (including phenoxy) is 1. The fourth-order valence-corrected chi connectivity index (χ4v) is 4.45. The van der Waals surface area contributed by atoms with E-state index in [9.17, 15) is 14.7 Å². The molecule has 4 rings (SSSR count). The summed E-state index contributed by atoms with van der Waals surface area (Å²) in [4.78, 5) is 26.5. The van der Waals surface area contributed by atoms with Crippen molar-refractivity contribution in [2.75, 3.05) is 7.11 Å². The van der Waals surface area contributed by atoms with Crippen molar-refractivity contribution in [1.82, 2.24) is 15.1 Å². The molecule has 1 aliphatic heterocycles. The Labute approximate surface area is 157 Å². The Morgan fingerprint density at radius 2 is 1.96 bits per heavy atom. The zero-order valence-corrected chi connectivity index (χ0v) is 15.2. The van der Waals surface area contributed by atoms with E-state index in [1.54, 1.807) is 18.1 Å². The molecule has 2 aromatic rings. The van der Waals surface area contributed by atoms with Gasteiger partial charge in [-0.2, -0.15) is 5.10 Å². The summed E-state index contributed by atoms with van der Waals surface area (Å²) in [5.41, 5.74) is 1.84. The average molecular weight is 369 g/mol. The van der Waals surface area contributed by atoms with E-state index in [1.807, 2.05) is 24.3 Å². The molecular weight excluding hydrogens is 346 g/mol. The van der Waals surface area contributed by atoms with Crippen LogP contribution in [0.1, 0.15) is 42.6 Å². The number of hydrogen-bond acceptors (Lipinski definition) is 4. The topological polar surface area (TPSA) is 95.5 Å². The van der Waals surface area contributed by atoms with Gasteiger partial charge in [-0.3, -0.25) is 9.89 Å². The first-order chi connectivity index (χ1) is 13.1. The summed E-state index contributed by atoms with van der Waals surface area (Å²) in [6, 6.07) is 8.36. The fraction of sp³-hybridized carbons (Fsp3) is 0.450. The van der Waals surface area contributed by atoms with Gasteiger partial charge in [-0.1, -0.05) is 12.8 Å². The van der Waals surface area contributed by atoms with Crippen molar-refractivity contribution in [2.24, 2.45) is 5.92 Å². The first kappa shape index (κ1) is 17.6. The van der Waals surface area contributed by atoms with Crippen molar-refractivity contribution in [1.29, 1.82) is 0 Å². The number of methoxy groups -OCH3 is 1. The largest absolute Gasteiger partial charge is 0.497 e. The van der Waals surface area contributed by atoms with Gasteiger partial charge in [0.1, 0.15) is 17.5 Å². The molecule has 7 heteroatoms. The molecule has 0 bridgehead atoms. The Hall–Kier alpha value is -2.83. The normalized spacial score (nSPS) is 24.5. The number of carbonyl (C=O) groups is 2. The van der Waals surface area contributed by atoms with Gasteiger partial charge in [-0.05, 0) is 55.5 Å². The first-order valence-corrected chi connectivity index (χ1v) is 9.34. The Morgan fingerprint density at radius 1 is 1.22 bits per heavy atom. The average Bonchev–Trinajstić information content (AvgIpc) is 3.33. The maximum Gasteiger partial charge on any atom is 0.326 e. The molecule has 0 spiro atoms. The molecule has 0 radical (unpaired) electrons. The van der Waals surface area contributed by atoms with Gasteiger partial charge in [0.15, 0.2) is 0 Å². The molecular formula is C20H23N3O4. The number of aromatic nitrogens is 2. The van der Waals surface area contributed by atoms with Gasteiger partial charge in [-0.25, -0.2) is 4.79 Å². The molecule has 1 saturated carbocycles. The van der Waals surface area contributed by atoms with Crippen LogP contribution in [-0.2, 0) is 4.79 Å². The van der Waals surface area contributed by atoms with E-state index in [4.69, 9.17) is 4.74 Å². The van der Waals surface area contributed by atoms with Crippen molar-refractivity contribution >= 4 is 11.9 Å².